The third-order valence-corrected chi connectivity index (χ3v) is 4.66. The summed E-state index contributed by atoms with van der Waals surface area (Å²) in [6.07, 6.45) is 7.76. The van der Waals surface area contributed by atoms with E-state index in [0.29, 0.717) is 10.8 Å². The Morgan fingerprint density at radius 2 is 2.06 bits per heavy atom. The Morgan fingerprint density at radius 1 is 1.35 bits per heavy atom. The van der Waals surface area contributed by atoms with Gasteiger partial charge in [0.15, 0.2) is 0 Å². The van der Waals surface area contributed by atoms with Crippen LogP contribution in [0.15, 0.2) is 11.6 Å². The van der Waals surface area contributed by atoms with Crippen molar-refractivity contribution in [1.82, 2.24) is 4.90 Å². The van der Waals surface area contributed by atoms with Crippen LogP contribution in [0.3, 0.4) is 0 Å². The molecule has 0 radical (unpaired) electrons. The van der Waals surface area contributed by atoms with Gasteiger partial charge in [0, 0.05) is 19.6 Å². The maximum atomic E-state index is 5.94. The zero-order valence-electron chi connectivity index (χ0n) is 11.8. The summed E-state index contributed by atoms with van der Waals surface area (Å²) >= 11 is 0. The van der Waals surface area contributed by atoms with E-state index < -0.39 is 0 Å². The van der Waals surface area contributed by atoms with Gasteiger partial charge in [-0.3, -0.25) is 4.90 Å². The van der Waals surface area contributed by atoms with E-state index in [1.54, 1.807) is 5.57 Å². The highest BCUT2D eigenvalue weighted by molar-refractivity contribution is 5.14. The van der Waals surface area contributed by atoms with Crippen LogP contribution in [0.4, 0.5) is 0 Å². The minimum atomic E-state index is 0.355. The minimum Gasteiger partial charge on any atom is -0.330 e. The Labute approximate surface area is 106 Å². The second kappa shape index (κ2) is 4.74. The van der Waals surface area contributed by atoms with E-state index in [-0.39, 0.29) is 0 Å². The van der Waals surface area contributed by atoms with Gasteiger partial charge < -0.3 is 5.73 Å². The van der Waals surface area contributed by atoms with E-state index in [9.17, 15) is 0 Å². The number of rotatable bonds is 3. The van der Waals surface area contributed by atoms with Gasteiger partial charge in [0.25, 0.3) is 0 Å². The molecular formula is C15H28N2. The molecule has 2 rings (SSSR count). The van der Waals surface area contributed by atoms with Crippen molar-refractivity contribution in [3.8, 4) is 0 Å². The lowest BCUT2D eigenvalue weighted by Crippen LogP contribution is -2.48. The lowest BCUT2D eigenvalue weighted by molar-refractivity contribution is 0.0777. The molecule has 2 heteroatoms. The highest BCUT2D eigenvalue weighted by Crippen LogP contribution is 2.41. The van der Waals surface area contributed by atoms with Crippen LogP contribution in [-0.4, -0.2) is 31.1 Å². The number of nitrogens with zero attached hydrogens (tertiary/aromatic N) is 1. The Kier molecular flexibility index (Phi) is 3.65. The summed E-state index contributed by atoms with van der Waals surface area (Å²) in [4.78, 5) is 2.60. The fourth-order valence-corrected chi connectivity index (χ4v) is 3.11. The van der Waals surface area contributed by atoms with E-state index in [4.69, 9.17) is 5.73 Å². The number of hydrogen-bond acceptors (Lipinski definition) is 2. The maximum absolute atomic E-state index is 5.94. The molecule has 0 aromatic heterocycles. The summed E-state index contributed by atoms with van der Waals surface area (Å²) in [5.41, 5.74) is 8.39. The van der Waals surface area contributed by atoms with Crippen molar-refractivity contribution in [3.05, 3.63) is 11.6 Å². The lowest BCUT2D eigenvalue weighted by atomic mass is 9.68. The van der Waals surface area contributed by atoms with Crippen LogP contribution in [-0.2, 0) is 0 Å². The molecule has 0 amide bonds. The van der Waals surface area contributed by atoms with Gasteiger partial charge in [0.2, 0.25) is 0 Å². The second-order valence-corrected chi connectivity index (χ2v) is 7.02. The molecule has 1 aliphatic heterocycles. The summed E-state index contributed by atoms with van der Waals surface area (Å²) in [5, 5.41) is 0. The molecule has 1 aliphatic carbocycles. The smallest absolute Gasteiger partial charge is 0.0166 e. The normalized spacial score (nSPS) is 25.3. The molecule has 1 fully saturated rings. The Hall–Kier alpha value is -0.340. The van der Waals surface area contributed by atoms with Crippen LogP contribution >= 0.6 is 0 Å². The van der Waals surface area contributed by atoms with Gasteiger partial charge in [-0.2, -0.15) is 0 Å². The highest BCUT2D eigenvalue weighted by atomic mass is 15.1. The van der Waals surface area contributed by atoms with E-state index in [1.165, 1.54) is 38.8 Å². The standard InChI is InChI=1S/C15H28N2/c1-14(2,3)13-5-9-17(10-6-13)12-15(11-16)7-4-8-15/h5H,4,6-12,16H2,1-3H3. The average molecular weight is 236 g/mol. The van der Waals surface area contributed by atoms with Crippen molar-refractivity contribution in [2.24, 2.45) is 16.6 Å². The third-order valence-electron chi connectivity index (χ3n) is 4.66. The fraction of sp³-hybridized carbons (Fsp3) is 0.867. The molecule has 0 unspecified atom stereocenters. The first-order chi connectivity index (χ1) is 7.95. The summed E-state index contributed by atoms with van der Waals surface area (Å²) in [7, 11) is 0. The van der Waals surface area contributed by atoms with Crippen molar-refractivity contribution in [1.29, 1.82) is 0 Å². The van der Waals surface area contributed by atoms with E-state index in [2.05, 4.69) is 31.7 Å². The van der Waals surface area contributed by atoms with Gasteiger partial charge in [0.1, 0.15) is 0 Å². The van der Waals surface area contributed by atoms with Crippen LogP contribution < -0.4 is 5.73 Å². The second-order valence-electron chi connectivity index (χ2n) is 7.02. The van der Waals surface area contributed by atoms with Gasteiger partial charge in [0.05, 0.1) is 0 Å². The van der Waals surface area contributed by atoms with Crippen molar-refractivity contribution in [3.63, 3.8) is 0 Å². The first-order valence-corrected chi connectivity index (χ1v) is 7.07. The molecule has 0 saturated heterocycles. The van der Waals surface area contributed by atoms with Gasteiger partial charge in [-0.05, 0) is 36.6 Å². The quantitative estimate of drug-likeness (QED) is 0.764. The third kappa shape index (κ3) is 2.92. The summed E-state index contributed by atoms with van der Waals surface area (Å²) in [5.74, 6) is 0. The van der Waals surface area contributed by atoms with Crippen LogP contribution in [0, 0.1) is 10.8 Å². The molecule has 98 valence electrons. The highest BCUT2D eigenvalue weighted by Gasteiger charge is 2.37. The van der Waals surface area contributed by atoms with Gasteiger partial charge in [-0.25, -0.2) is 0 Å². The van der Waals surface area contributed by atoms with Crippen molar-refractivity contribution in [2.75, 3.05) is 26.2 Å². The molecular weight excluding hydrogens is 208 g/mol. The molecule has 0 aromatic rings. The first-order valence-electron chi connectivity index (χ1n) is 7.07. The molecule has 2 N–H and O–H groups in total. The monoisotopic (exact) mass is 236 g/mol. The van der Waals surface area contributed by atoms with Gasteiger partial charge in [-0.15, -0.1) is 0 Å². The summed E-state index contributed by atoms with van der Waals surface area (Å²) in [6.45, 7) is 11.4. The van der Waals surface area contributed by atoms with Crippen LogP contribution in [0.2, 0.25) is 0 Å². The number of nitrogens with two attached hydrogens (primary N) is 1. The largest absolute Gasteiger partial charge is 0.330 e. The first kappa shape index (κ1) is 13.1. The SMILES string of the molecule is CC(C)(C)C1=CCN(CC2(CN)CCC2)CC1. The maximum Gasteiger partial charge on any atom is 0.0166 e. The van der Waals surface area contributed by atoms with Gasteiger partial charge >= 0.3 is 0 Å². The topological polar surface area (TPSA) is 29.3 Å². The fourth-order valence-electron chi connectivity index (χ4n) is 3.11. The molecule has 0 aromatic carbocycles. The Morgan fingerprint density at radius 3 is 2.41 bits per heavy atom. The molecule has 0 bridgehead atoms. The van der Waals surface area contributed by atoms with Crippen molar-refractivity contribution < 1.29 is 0 Å². The predicted octanol–water partition coefficient (Wildman–Crippen LogP) is 2.79. The molecule has 17 heavy (non-hydrogen) atoms. The Bertz CT molecular complexity index is 289. The molecule has 0 spiro atoms. The zero-order chi connectivity index (χ0) is 12.5. The summed E-state index contributed by atoms with van der Waals surface area (Å²) < 4.78 is 0. The molecule has 2 nitrogen and oxygen atoms in total. The van der Waals surface area contributed by atoms with Crippen molar-refractivity contribution in [2.45, 2.75) is 46.5 Å². The van der Waals surface area contributed by atoms with E-state index in [0.717, 1.165) is 13.1 Å². The van der Waals surface area contributed by atoms with E-state index in [1.807, 2.05) is 0 Å². The molecule has 1 heterocycles. The molecule has 0 atom stereocenters. The number of hydrogen-bond donors (Lipinski definition) is 1. The average Bonchev–Trinajstić information content (AvgIpc) is 2.23. The van der Waals surface area contributed by atoms with Gasteiger partial charge in [-0.1, -0.05) is 38.8 Å². The van der Waals surface area contributed by atoms with Crippen LogP contribution in [0.25, 0.3) is 0 Å². The zero-order valence-corrected chi connectivity index (χ0v) is 11.8. The molecule has 2 aliphatic rings. The Balaban J connectivity index is 1.89. The lowest BCUT2D eigenvalue weighted by Gasteiger charge is -2.45. The minimum absolute atomic E-state index is 0.355. The molecule has 1 saturated carbocycles. The van der Waals surface area contributed by atoms with E-state index >= 15 is 0 Å². The van der Waals surface area contributed by atoms with Crippen LogP contribution in [0.1, 0.15) is 46.5 Å². The predicted molar refractivity (Wildman–Crippen MR) is 73.9 cm³/mol. The van der Waals surface area contributed by atoms with Crippen LogP contribution in [0.5, 0.6) is 0 Å². The van der Waals surface area contributed by atoms with Crippen molar-refractivity contribution >= 4 is 0 Å². The summed E-state index contributed by atoms with van der Waals surface area (Å²) in [6, 6.07) is 0.